The standard InChI is InChI=1S/C14H13BrN2O/c1-11-5-7-17(8-6-11)10-14(18)16-13-4-2-3-12(15)9-13/h2-9H,10H2,1H3/p+1. The number of hydrogen-bond acceptors (Lipinski definition) is 1. The Hall–Kier alpha value is -1.68. The van der Waals surface area contributed by atoms with Crippen molar-refractivity contribution in [2.45, 2.75) is 13.5 Å². The van der Waals surface area contributed by atoms with Crippen molar-refractivity contribution < 1.29 is 9.36 Å². The summed E-state index contributed by atoms with van der Waals surface area (Å²) in [7, 11) is 0. The molecular formula is C14H14BrN2O+. The highest BCUT2D eigenvalue weighted by Crippen LogP contribution is 2.15. The summed E-state index contributed by atoms with van der Waals surface area (Å²) in [5.41, 5.74) is 1.97. The molecule has 0 spiro atoms. The number of halogens is 1. The highest BCUT2D eigenvalue weighted by molar-refractivity contribution is 9.10. The van der Waals surface area contributed by atoms with Crippen LogP contribution in [0, 0.1) is 6.92 Å². The summed E-state index contributed by atoms with van der Waals surface area (Å²) >= 11 is 3.37. The van der Waals surface area contributed by atoms with Crippen LogP contribution in [0.2, 0.25) is 0 Å². The Morgan fingerprint density at radius 3 is 2.67 bits per heavy atom. The second-order valence-corrected chi connectivity index (χ2v) is 5.02. The van der Waals surface area contributed by atoms with Crippen molar-refractivity contribution in [3.63, 3.8) is 0 Å². The second-order valence-electron chi connectivity index (χ2n) is 4.11. The van der Waals surface area contributed by atoms with E-state index in [9.17, 15) is 4.79 Å². The number of benzene rings is 1. The fourth-order valence-electron chi connectivity index (χ4n) is 1.57. The van der Waals surface area contributed by atoms with Gasteiger partial charge in [-0.05, 0) is 30.7 Å². The van der Waals surface area contributed by atoms with Crippen LogP contribution in [0.4, 0.5) is 5.69 Å². The van der Waals surface area contributed by atoms with E-state index < -0.39 is 0 Å². The van der Waals surface area contributed by atoms with Crippen molar-refractivity contribution >= 4 is 27.5 Å². The second kappa shape index (κ2) is 5.78. The molecule has 0 bridgehead atoms. The zero-order chi connectivity index (χ0) is 13.0. The van der Waals surface area contributed by atoms with E-state index in [-0.39, 0.29) is 5.91 Å². The summed E-state index contributed by atoms with van der Waals surface area (Å²) in [6.45, 7) is 2.33. The van der Waals surface area contributed by atoms with Gasteiger partial charge >= 0.3 is 0 Å². The zero-order valence-corrected chi connectivity index (χ0v) is 11.6. The Kier molecular flexibility index (Phi) is 4.10. The van der Waals surface area contributed by atoms with Crippen LogP contribution in [-0.2, 0) is 11.3 Å². The number of nitrogens with one attached hydrogen (secondary N) is 1. The summed E-state index contributed by atoms with van der Waals surface area (Å²) in [5.74, 6) is -0.0399. The normalized spacial score (nSPS) is 10.1. The number of hydrogen-bond donors (Lipinski definition) is 1. The molecule has 1 amide bonds. The first-order valence-electron chi connectivity index (χ1n) is 5.64. The van der Waals surface area contributed by atoms with Gasteiger partial charge in [-0.3, -0.25) is 4.79 Å². The maximum absolute atomic E-state index is 11.8. The SMILES string of the molecule is Cc1cc[n+](CC(=O)Nc2cccc(Br)c2)cc1. The van der Waals surface area contributed by atoms with Crippen LogP contribution >= 0.6 is 15.9 Å². The number of rotatable bonds is 3. The predicted octanol–water partition coefficient (Wildman–Crippen LogP) is 2.68. The lowest BCUT2D eigenvalue weighted by molar-refractivity contribution is -0.684. The monoisotopic (exact) mass is 305 g/mol. The highest BCUT2D eigenvalue weighted by atomic mass is 79.9. The van der Waals surface area contributed by atoms with Crippen LogP contribution in [0.25, 0.3) is 0 Å². The number of aromatic nitrogens is 1. The molecule has 0 unspecified atom stereocenters. The molecule has 92 valence electrons. The van der Waals surface area contributed by atoms with E-state index in [1.54, 1.807) is 0 Å². The smallest absolute Gasteiger partial charge is 0.290 e. The minimum atomic E-state index is -0.0399. The summed E-state index contributed by atoms with van der Waals surface area (Å²) in [6, 6.07) is 11.5. The maximum atomic E-state index is 11.8. The molecular weight excluding hydrogens is 292 g/mol. The number of aryl methyl sites for hydroxylation is 1. The molecule has 1 aromatic carbocycles. The molecule has 0 aliphatic carbocycles. The Labute approximate surface area is 115 Å². The molecule has 18 heavy (non-hydrogen) atoms. The molecule has 0 atom stereocenters. The molecule has 4 heteroatoms. The van der Waals surface area contributed by atoms with Gasteiger partial charge in [-0.15, -0.1) is 0 Å². The molecule has 1 N–H and O–H groups in total. The van der Waals surface area contributed by atoms with E-state index in [1.165, 1.54) is 5.56 Å². The van der Waals surface area contributed by atoms with E-state index in [0.717, 1.165) is 10.2 Å². The third-order valence-electron chi connectivity index (χ3n) is 2.49. The first kappa shape index (κ1) is 12.8. The average molecular weight is 306 g/mol. The van der Waals surface area contributed by atoms with Gasteiger partial charge in [0, 0.05) is 22.3 Å². The summed E-state index contributed by atoms with van der Waals surface area (Å²) in [5, 5.41) is 2.86. The minimum Gasteiger partial charge on any atom is -0.321 e. The number of carbonyl (C=O) groups is 1. The van der Waals surface area contributed by atoms with Gasteiger partial charge in [-0.25, -0.2) is 0 Å². The van der Waals surface area contributed by atoms with E-state index >= 15 is 0 Å². The van der Waals surface area contributed by atoms with Crippen LogP contribution in [0.3, 0.4) is 0 Å². The van der Waals surface area contributed by atoms with Gasteiger partial charge in [0.25, 0.3) is 5.91 Å². The summed E-state index contributed by atoms with van der Waals surface area (Å²) in [6.07, 6.45) is 3.80. The number of carbonyl (C=O) groups excluding carboxylic acids is 1. The molecule has 0 saturated heterocycles. The molecule has 0 fully saturated rings. The summed E-state index contributed by atoms with van der Waals surface area (Å²) in [4.78, 5) is 11.8. The Morgan fingerprint density at radius 1 is 1.28 bits per heavy atom. The van der Waals surface area contributed by atoms with E-state index in [4.69, 9.17) is 0 Å². The lowest BCUT2D eigenvalue weighted by atomic mass is 10.3. The number of pyridine rings is 1. The van der Waals surface area contributed by atoms with Gasteiger partial charge in [0.15, 0.2) is 12.4 Å². The van der Waals surface area contributed by atoms with Crippen LogP contribution < -0.4 is 9.88 Å². The summed E-state index contributed by atoms with van der Waals surface area (Å²) < 4.78 is 2.80. The van der Waals surface area contributed by atoms with E-state index in [2.05, 4.69) is 21.2 Å². The zero-order valence-electron chi connectivity index (χ0n) is 10.1. The third kappa shape index (κ3) is 3.67. The topological polar surface area (TPSA) is 33.0 Å². The molecule has 0 saturated carbocycles. The predicted molar refractivity (Wildman–Crippen MR) is 74.1 cm³/mol. The third-order valence-corrected chi connectivity index (χ3v) is 2.99. The van der Waals surface area contributed by atoms with Crippen LogP contribution in [0.1, 0.15) is 5.56 Å². The van der Waals surface area contributed by atoms with Crippen molar-refractivity contribution in [3.8, 4) is 0 Å². The van der Waals surface area contributed by atoms with Crippen LogP contribution in [0.5, 0.6) is 0 Å². The molecule has 0 aliphatic heterocycles. The number of anilines is 1. The van der Waals surface area contributed by atoms with Crippen molar-refractivity contribution in [1.29, 1.82) is 0 Å². The van der Waals surface area contributed by atoms with E-state index in [0.29, 0.717) is 6.54 Å². The largest absolute Gasteiger partial charge is 0.321 e. The van der Waals surface area contributed by atoms with E-state index in [1.807, 2.05) is 60.3 Å². The van der Waals surface area contributed by atoms with Crippen molar-refractivity contribution in [3.05, 3.63) is 58.8 Å². The molecule has 2 rings (SSSR count). The maximum Gasteiger partial charge on any atom is 0.290 e. The molecule has 1 heterocycles. The molecule has 1 aromatic heterocycles. The molecule has 0 radical (unpaired) electrons. The Bertz CT molecular complexity index is 552. The van der Waals surface area contributed by atoms with Gasteiger partial charge < -0.3 is 5.32 Å². The Morgan fingerprint density at radius 2 is 2.00 bits per heavy atom. The van der Waals surface area contributed by atoms with Crippen molar-refractivity contribution in [2.24, 2.45) is 0 Å². The first-order valence-corrected chi connectivity index (χ1v) is 6.44. The molecule has 3 nitrogen and oxygen atoms in total. The fraction of sp³-hybridized carbons (Fsp3) is 0.143. The van der Waals surface area contributed by atoms with Gasteiger partial charge in [-0.2, -0.15) is 4.57 Å². The van der Waals surface area contributed by atoms with Crippen molar-refractivity contribution in [2.75, 3.05) is 5.32 Å². The van der Waals surface area contributed by atoms with Gasteiger partial charge in [0.05, 0.1) is 0 Å². The number of nitrogens with zero attached hydrogens (tertiary/aromatic N) is 1. The molecule has 0 aliphatic rings. The lowest BCUT2D eigenvalue weighted by Gasteiger charge is -2.03. The average Bonchev–Trinajstić information content (AvgIpc) is 2.32. The van der Waals surface area contributed by atoms with Crippen LogP contribution in [0.15, 0.2) is 53.3 Å². The van der Waals surface area contributed by atoms with Gasteiger partial charge in [0.1, 0.15) is 0 Å². The van der Waals surface area contributed by atoms with Gasteiger partial charge in [-0.1, -0.05) is 22.0 Å². The van der Waals surface area contributed by atoms with Crippen LogP contribution in [-0.4, -0.2) is 5.91 Å². The van der Waals surface area contributed by atoms with Crippen molar-refractivity contribution in [1.82, 2.24) is 0 Å². The van der Waals surface area contributed by atoms with Gasteiger partial charge in [0.2, 0.25) is 6.54 Å². The quantitative estimate of drug-likeness (QED) is 0.869. The highest BCUT2D eigenvalue weighted by Gasteiger charge is 2.09. The first-order chi connectivity index (χ1) is 8.63. The number of amides is 1. The molecule has 2 aromatic rings. The Balaban J connectivity index is 1.98. The fourth-order valence-corrected chi connectivity index (χ4v) is 1.97. The lowest BCUT2D eigenvalue weighted by Crippen LogP contribution is -2.39. The minimum absolute atomic E-state index is 0.0399.